The van der Waals surface area contributed by atoms with Crippen LogP contribution in [0.4, 0.5) is 0 Å². The molecule has 34 heavy (non-hydrogen) atoms. The van der Waals surface area contributed by atoms with Crippen molar-refractivity contribution in [1.82, 2.24) is 14.1 Å². The Morgan fingerprint density at radius 3 is 2.35 bits per heavy atom. The molecule has 182 valence electrons. The fourth-order valence-electron chi connectivity index (χ4n) is 4.33. The van der Waals surface area contributed by atoms with Crippen molar-refractivity contribution >= 4 is 22.0 Å². The molecule has 0 aliphatic carbocycles. The van der Waals surface area contributed by atoms with E-state index >= 15 is 0 Å². The van der Waals surface area contributed by atoms with Crippen LogP contribution in [0.5, 0.6) is 5.75 Å². The molecule has 1 amide bonds. The van der Waals surface area contributed by atoms with Gasteiger partial charge in [0, 0.05) is 45.8 Å². The van der Waals surface area contributed by atoms with Gasteiger partial charge in [-0.1, -0.05) is 42.5 Å². The molecule has 2 aliphatic heterocycles. The molecule has 2 heterocycles. The van der Waals surface area contributed by atoms with Crippen molar-refractivity contribution in [2.75, 3.05) is 52.4 Å². The van der Waals surface area contributed by atoms with Crippen LogP contribution in [0.25, 0.3) is 6.08 Å². The molecule has 0 aromatic heterocycles. The first-order valence-electron chi connectivity index (χ1n) is 11.9. The lowest BCUT2D eigenvalue weighted by atomic mass is 10.2. The fourth-order valence-corrected chi connectivity index (χ4v) is 5.94. The first-order valence-corrected chi connectivity index (χ1v) is 13.3. The number of piperazine rings is 1. The van der Waals surface area contributed by atoms with E-state index in [1.54, 1.807) is 18.2 Å². The number of rotatable bonds is 8. The fraction of sp³-hybridized carbons (Fsp3) is 0.423. The Hall–Kier alpha value is -2.68. The summed E-state index contributed by atoms with van der Waals surface area (Å²) in [5.41, 5.74) is 1.90. The highest BCUT2D eigenvalue weighted by Crippen LogP contribution is 2.26. The smallest absolute Gasteiger partial charge is 0.260 e. The van der Waals surface area contributed by atoms with Gasteiger partial charge in [0.25, 0.3) is 5.91 Å². The number of benzene rings is 2. The first-order chi connectivity index (χ1) is 16.4. The Labute approximate surface area is 202 Å². The van der Waals surface area contributed by atoms with E-state index in [0.29, 0.717) is 37.5 Å². The number of amides is 1. The highest BCUT2D eigenvalue weighted by Gasteiger charge is 2.27. The molecule has 2 saturated heterocycles. The standard InChI is InChI=1S/C26H33N3O4S/c1-22-20-24(34(31,32)29-14-5-6-15-29)11-12-25(22)33-21-26(30)28-18-16-27(17-19-28)13-7-10-23-8-3-2-4-9-23/h2-4,7-12,20H,5-6,13-19,21H2,1H3/b10-7+. The summed E-state index contributed by atoms with van der Waals surface area (Å²) in [5, 5.41) is 0. The molecule has 2 aromatic carbocycles. The Kier molecular flexibility index (Phi) is 8.03. The molecule has 7 nitrogen and oxygen atoms in total. The van der Waals surface area contributed by atoms with E-state index in [0.717, 1.165) is 32.5 Å². The van der Waals surface area contributed by atoms with Gasteiger partial charge in [-0.25, -0.2) is 8.42 Å². The molecule has 2 aliphatic rings. The zero-order valence-electron chi connectivity index (χ0n) is 19.7. The lowest BCUT2D eigenvalue weighted by molar-refractivity contribution is -0.135. The van der Waals surface area contributed by atoms with Gasteiger partial charge in [-0.3, -0.25) is 9.69 Å². The largest absolute Gasteiger partial charge is 0.483 e. The van der Waals surface area contributed by atoms with Crippen LogP contribution in [-0.4, -0.2) is 80.9 Å². The number of carbonyl (C=O) groups excluding carboxylic acids is 1. The second-order valence-corrected chi connectivity index (χ2v) is 10.8. The molecule has 2 fully saturated rings. The maximum absolute atomic E-state index is 12.8. The Morgan fingerprint density at radius 2 is 1.68 bits per heavy atom. The molecule has 0 N–H and O–H groups in total. The number of hydrogen-bond donors (Lipinski definition) is 0. The Balaban J connectivity index is 1.24. The van der Waals surface area contributed by atoms with Crippen LogP contribution >= 0.6 is 0 Å². The van der Waals surface area contributed by atoms with Gasteiger partial charge in [0.2, 0.25) is 10.0 Å². The van der Waals surface area contributed by atoms with E-state index in [-0.39, 0.29) is 17.4 Å². The third-order valence-electron chi connectivity index (χ3n) is 6.40. The number of aryl methyl sites for hydroxylation is 1. The lowest BCUT2D eigenvalue weighted by Crippen LogP contribution is -2.49. The summed E-state index contributed by atoms with van der Waals surface area (Å²) in [7, 11) is -3.46. The second kappa shape index (κ2) is 11.2. The van der Waals surface area contributed by atoms with Crippen LogP contribution in [0, 0.1) is 6.92 Å². The normalized spacial score (nSPS) is 18.0. The summed E-state index contributed by atoms with van der Waals surface area (Å²) in [5.74, 6) is 0.492. The molecule has 0 bridgehead atoms. The maximum Gasteiger partial charge on any atom is 0.260 e. The number of sulfonamides is 1. The molecule has 2 aromatic rings. The van der Waals surface area contributed by atoms with Crippen molar-refractivity contribution in [3.63, 3.8) is 0 Å². The third kappa shape index (κ3) is 6.05. The molecule has 0 radical (unpaired) electrons. The number of ether oxygens (including phenoxy) is 1. The van der Waals surface area contributed by atoms with Crippen LogP contribution in [0.15, 0.2) is 59.5 Å². The van der Waals surface area contributed by atoms with E-state index in [4.69, 9.17) is 4.74 Å². The molecule has 4 rings (SSSR count). The average molecular weight is 484 g/mol. The van der Waals surface area contributed by atoms with Crippen molar-refractivity contribution in [1.29, 1.82) is 0 Å². The lowest BCUT2D eigenvalue weighted by Gasteiger charge is -2.34. The molecule has 0 saturated carbocycles. The summed E-state index contributed by atoms with van der Waals surface area (Å²) < 4.78 is 32.8. The summed E-state index contributed by atoms with van der Waals surface area (Å²) >= 11 is 0. The number of carbonyl (C=O) groups is 1. The van der Waals surface area contributed by atoms with Crippen molar-refractivity contribution in [3.8, 4) is 5.75 Å². The Morgan fingerprint density at radius 1 is 0.971 bits per heavy atom. The topological polar surface area (TPSA) is 70.2 Å². The highest BCUT2D eigenvalue weighted by molar-refractivity contribution is 7.89. The van der Waals surface area contributed by atoms with E-state index in [2.05, 4.69) is 29.2 Å². The minimum absolute atomic E-state index is 0.0485. The predicted molar refractivity (Wildman–Crippen MR) is 133 cm³/mol. The number of hydrogen-bond acceptors (Lipinski definition) is 5. The Bertz CT molecular complexity index is 1100. The summed E-state index contributed by atoms with van der Waals surface area (Å²) in [4.78, 5) is 17.1. The zero-order valence-corrected chi connectivity index (χ0v) is 20.5. The summed E-state index contributed by atoms with van der Waals surface area (Å²) in [6, 6.07) is 15.1. The minimum Gasteiger partial charge on any atom is -0.483 e. The first kappa shape index (κ1) is 24.4. The minimum atomic E-state index is -3.46. The van der Waals surface area contributed by atoms with Gasteiger partial charge in [0.1, 0.15) is 5.75 Å². The van der Waals surface area contributed by atoms with Gasteiger partial charge >= 0.3 is 0 Å². The zero-order chi connectivity index (χ0) is 24.0. The van der Waals surface area contributed by atoms with Crippen molar-refractivity contribution < 1.29 is 17.9 Å². The van der Waals surface area contributed by atoms with Crippen LogP contribution in [0.2, 0.25) is 0 Å². The van der Waals surface area contributed by atoms with Gasteiger partial charge < -0.3 is 9.64 Å². The van der Waals surface area contributed by atoms with E-state index in [9.17, 15) is 13.2 Å². The average Bonchev–Trinajstić information content (AvgIpc) is 3.40. The molecular formula is C26H33N3O4S. The molecule has 0 atom stereocenters. The molecule has 0 spiro atoms. The van der Waals surface area contributed by atoms with Crippen LogP contribution in [0.1, 0.15) is 24.0 Å². The van der Waals surface area contributed by atoms with Crippen LogP contribution in [-0.2, 0) is 14.8 Å². The highest BCUT2D eigenvalue weighted by atomic mass is 32.2. The van der Waals surface area contributed by atoms with Crippen molar-refractivity contribution in [2.45, 2.75) is 24.7 Å². The van der Waals surface area contributed by atoms with Gasteiger partial charge in [0.05, 0.1) is 4.90 Å². The summed E-state index contributed by atoms with van der Waals surface area (Å²) in [6.07, 6.45) is 6.09. The van der Waals surface area contributed by atoms with E-state index in [1.807, 2.05) is 30.0 Å². The van der Waals surface area contributed by atoms with E-state index in [1.165, 1.54) is 9.87 Å². The molecule has 8 heteroatoms. The van der Waals surface area contributed by atoms with Crippen LogP contribution in [0.3, 0.4) is 0 Å². The van der Waals surface area contributed by atoms with E-state index < -0.39 is 10.0 Å². The van der Waals surface area contributed by atoms with Gasteiger partial charge in [-0.15, -0.1) is 0 Å². The molecule has 0 unspecified atom stereocenters. The summed E-state index contributed by atoms with van der Waals surface area (Å²) in [6.45, 7) is 6.77. The predicted octanol–water partition coefficient (Wildman–Crippen LogP) is 3.02. The SMILES string of the molecule is Cc1cc(S(=O)(=O)N2CCCC2)ccc1OCC(=O)N1CCN(C/C=C/c2ccccc2)CC1. The van der Waals surface area contributed by atoms with Crippen LogP contribution < -0.4 is 4.74 Å². The third-order valence-corrected chi connectivity index (χ3v) is 8.29. The van der Waals surface area contributed by atoms with Crippen molar-refractivity contribution in [3.05, 3.63) is 65.7 Å². The number of nitrogens with zero attached hydrogens (tertiary/aromatic N) is 3. The van der Waals surface area contributed by atoms with Gasteiger partial charge in [0.15, 0.2) is 6.61 Å². The maximum atomic E-state index is 12.8. The van der Waals surface area contributed by atoms with Gasteiger partial charge in [-0.2, -0.15) is 4.31 Å². The second-order valence-electron chi connectivity index (χ2n) is 8.82. The molecular weight excluding hydrogens is 450 g/mol. The van der Waals surface area contributed by atoms with Gasteiger partial charge in [-0.05, 0) is 49.1 Å². The quantitative estimate of drug-likeness (QED) is 0.577. The monoisotopic (exact) mass is 483 g/mol. The van der Waals surface area contributed by atoms with Crippen molar-refractivity contribution in [2.24, 2.45) is 0 Å².